The first kappa shape index (κ1) is 14.6. The van der Waals surface area contributed by atoms with E-state index in [1.54, 1.807) is 7.11 Å². The highest BCUT2D eigenvalue weighted by molar-refractivity contribution is 5.78. The molecule has 3 aliphatic carbocycles. The number of hydrogen-bond acceptors (Lipinski definition) is 3. The summed E-state index contributed by atoms with van der Waals surface area (Å²) in [5, 5.41) is 0. The van der Waals surface area contributed by atoms with Crippen LogP contribution in [0.4, 0.5) is 0 Å². The Kier molecular flexibility index (Phi) is 2.96. The third-order valence-electron chi connectivity index (χ3n) is 7.33. The molecule has 24 heavy (non-hydrogen) atoms. The topological polar surface area (TPSA) is 35.5 Å². The maximum absolute atomic E-state index is 12.8. The van der Waals surface area contributed by atoms with E-state index in [1.807, 2.05) is 12.1 Å². The summed E-state index contributed by atoms with van der Waals surface area (Å²) >= 11 is 0. The van der Waals surface area contributed by atoms with Gasteiger partial charge in [0.15, 0.2) is 0 Å². The van der Waals surface area contributed by atoms with Gasteiger partial charge in [0.05, 0.1) is 13.0 Å². The first-order chi connectivity index (χ1) is 11.7. The lowest BCUT2D eigenvalue weighted by atomic mass is 9.56. The molecule has 5 rings (SSSR count). The molecule has 4 aliphatic rings. The molecule has 3 fully saturated rings. The fourth-order valence-electron chi connectivity index (χ4n) is 6.43. The van der Waals surface area contributed by atoms with Crippen LogP contribution >= 0.6 is 0 Å². The highest BCUT2D eigenvalue weighted by Crippen LogP contribution is 2.65. The first-order valence-electron chi connectivity index (χ1n) is 9.20. The quantitative estimate of drug-likeness (QED) is 0.612. The largest absolute Gasteiger partial charge is 0.497 e. The average Bonchev–Trinajstić information content (AvgIpc) is 3.12. The summed E-state index contributed by atoms with van der Waals surface area (Å²) < 4.78 is 11.5. The molecule has 6 atom stereocenters. The van der Waals surface area contributed by atoms with Gasteiger partial charge in [-0.2, -0.15) is 0 Å². The Morgan fingerprint density at radius 2 is 2.21 bits per heavy atom. The molecule has 0 N–H and O–H groups in total. The van der Waals surface area contributed by atoms with E-state index in [0.717, 1.165) is 31.4 Å². The van der Waals surface area contributed by atoms with Crippen LogP contribution in [0.3, 0.4) is 0 Å². The van der Waals surface area contributed by atoms with Crippen LogP contribution in [-0.2, 0) is 16.0 Å². The van der Waals surface area contributed by atoms with Crippen LogP contribution in [0.1, 0.15) is 42.7 Å². The number of methoxy groups -OCH3 is 1. The maximum atomic E-state index is 12.8. The second-order valence-electron chi connectivity index (χ2n) is 8.01. The fourth-order valence-corrected chi connectivity index (χ4v) is 6.43. The molecule has 1 spiro atoms. The fraction of sp³-hybridized carbons (Fsp3) is 0.571. The molecule has 3 nitrogen and oxygen atoms in total. The van der Waals surface area contributed by atoms with Gasteiger partial charge in [-0.1, -0.05) is 12.1 Å². The number of ether oxygens (including phenoxy) is 2. The van der Waals surface area contributed by atoms with E-state index in [9.17, 15) is 4.79 Å². The number of carbonyl (C=O) groups is 1. The summed E-state index contributed by atoms with van der Waals surface area (Å²) in [6, 6.07) is 6.41. The van der Waals surface area contributed by atoms with E-state index in [1.165, 1.54) is 17.5 Å². The van der Waals surface area contributed by atoms with E-state index in [-0.39, 0.29) is 17.5 Å². The number of benzene rings is 1. The Morgan fingerprint density at radius 3 is 3.00 bits per heavy atom. The molecule has 2 saturated carbocycles. The van der Waals surface area contributed by atoms with Crippen molar-refractivity contribution in [3.05, 3.63) is 42.0 Å². The third kappa shape index (κ3) is 1.66. The van der Waals surface area contributed by atoms with Crippen LogP contribution in [0.5, 0.6) is 5.75 Å². The molecule has 1 aromatic carbocycles. The Hall–Kier alpha value is -1.77. The van der Waals surface area contributed by atoms with Crippen LogP contribution < -0.4 is 4.74 Å². The molecule has 126 valence electrons. The molecule has 1 saturated heterocycles. The number of carbonyl (C=O) groups excluding carboxylic acids is 1. The van der Waals surface area contributed by atoms with Crippen LogP contribution in [0.15, 0.2) is 30.9 Å². The standard InChI is InChI=1S/C21H24O3/c1-3-13-5-9-18-16-7-4-12-10-14(23-2)6-8-15(12)19(16)17-11-21(13,18)24-20(17)22/h3,6,8,10,13,16-19H,1,4-5,7,9,11H2,2H3/t13-,16+,17+,18+,19-,21+/m0/s1. The Bertz CT molecular complexity index is 724. The normalized spacial score (nSPS) is 41.9. The van der Waals surface area contributed by atoms with Crippen LogP contribution in [0.25, 0.3) is 0 Å². The minimum atomic E-state index is -0.241. The molecule has 0 aromatic heterocycles. The molecule has 0 radical (unpaired) electrons. The molecule has 1 aromatic rings. The summed E-state index contributed by atoms with van der Waals surface area (Å²) in [5.41, 5.74) is 2.49. The Balaban J connectivity index is 1.61. The van der Waals surface area contributed by atoms with E-state index >= 15 is 0 Å². The molecule has 2 bridgehead atoms. The van der Waals surface area contributed by atoms with Crippen molar-refractivity contribution in [1.29, 1.82) is 0 Å². The number of esters is 1. The summed E-state index contributed by atoms with van der Waals surface area (Å²) in [6.07, 6.45) is 7.46. The molecular formula is C21H24O3. The van der Waals surface area contributed by atoms with Gasteiger partial charge in [0, 0.05) is 24.2 Å². The highest BCUT2D eigenvalue weighted by Gasteiger charge is 2.67. The predicted molar refractivity (Wildman–Crippen MR) is 90.9 cm³/mol. The van der Waals surface area contributed by atoms with Crippen molar-refractivity contribution in [2.45, 2.75) is 43.6 Å². The second kappa shape index (κ2) is 4.87. The molecule has 0 unspecified atom stereocenters. The summed E-state index contributed by atoms with van der Waals surface area (Å²) in [5.74, 6) is 2.72. The molecular weight excluding hydrogens is 300 g/mol. The van der Waals surface area contributed by atoms with Gasteiger partial charge in [-0.3, -0.25) is 4.79 Å². The number of aryl methyl sites for hydroxylation is 1. The molecule has 0 amide bonds. The lowest BCUT2D eigenvalue weighted by Crippen LogP contribution is -2.48. The van der Waals surface area contributed by atoms with Crippen molar-refractivity contribution < 1.29 is 14.3 Å². The minimum Gasteiger partial charge on any atom is -0.497 e. The van der Waals surface area contributed by atoms with E-state index < -0.39 is 0 Å². The van der Waals surface area contributed by atoms with Crippen LogP contribution in [0.2, 0.25) is 0 Å². The highest BCUT2D eigenvalue weighted by atomic mass is 16.6. The molecule has 1 aliphatic heterocycles. The number of rotatable bonds is 2. The van der Waals surface area contributed by atoms with Gasteiger partial charge in [0.25, 0.3) is 0 Å². The van der Waals surface area contributed by atoms with Crippen molar-refractivity contribution in [2.75, 3.05) is 7.11 Å². The lowest BCUT2D eigenvalue weighted by Gasteiger charge is -2.47. The third-order valence-corrected chi connectivity index (χ3v) is 7.33. The zero-order valence-corrected chi connectivity index (χ0v) is 14.2. The number of fused-ring (bicyclic) bond motifs is 6. The van der Waals surface area contributed by atoms with E-state index in [0.29, 0.717) is 23.7 Å². The average molecular weight is 324 g/mol. The lowest BCUT2D eigenvalue weighted by molar-refractivity contribution is -0.154. The van der Waals surface area contributed by atoms with Gasteiger partial charge in [0.1, 0.15) is 11.4 Å². The first-order valence-corrected chi connectivity index (χ1v) is 9.20. The monoisotopic (exact) mass is 324 g/mol. The van der Waals surface area contributed by atoms with Crippen molar-refractivity contribution in [1.82, 2.24) is 0 Å². The van der Waals surface area contributed by atoms with Gasteiger partial charge in [-0.25, -0.2) is 0 Å². The van der Waals surface area contributed by atoms with Gasteiger partial charge >= 0.3 is 5.97 Å². The Labute approximate surface area is 143 Å². The van der Waals surface area contributed by atoms with Crippen LogP contribution in [-0.4, -0.2) is 18.7 Å². The van der Waals surface area contributed by atoms with E-state index in [4.69, 9.17) is 9.47 Å². The van der Waals surface area contributed by atoms with Gasteiger partial charge in [0.2, 0.25) is 0 Å². The predicted octanol–water partition coefficient (Wildman–Crippen LogP) is 3.87. The van der Waals surface area contributed by atoms with Crippen LogP contribution in [0, 0.1) is 23.7 Å². The van der Waals surface area contributed by atoms with Gasteiger partial charge < -0.3 is 9.47 Å². The Morgan fingerprint density at radius 1 is 1.33 bits per heavy atom. The van der Waals surface area contributed by atoms with Gasteiger partial charge in [-0.05, 0) is 54.9 Å². The van der Waals surface area contributed by atoms with E-state index in [2.05, 4.69) is 18.7 Å². The second-order valence-corrected chi connectivity index (χ2v) is 8.01. The molecule has 1 heterocycles. The van der Waals surface area contributed by atoms with Crippen molar-refractivity contribution in [3.63, 3.8) is 0 Å². The SMILES string of the molecule is C=C[C@H]1CC[C@@H]2[C@H]3CCc4cc(OC)ccc4[C@@H]3[C@H]3C[C@]21OC3=O. The van der Waals surface area contributed by atoms with Crippen molar-refractivity contribution >= 4 is 5.97 Å². The zero-order valence-electron chi connectivity index (χ0n) is 14.2. The maximum Gasteiger partial charge on any atom is 0.310 e. The summed E-state index contributed by atoms with van der Waals surface area (Å²) in [7, 11) is 1.71. The minimum absolute atomic E-state index is 0.0271. The summed E-state index contributed by atoms with van der Waals surface area (Å²) in [4.78, 5) is 12.8. The number of hydrogen-bond donors (Lipinski definition) is 0. The summed E-state index contributed by atoms with van der Waals surface area (Å²) in [6.45, 7) is 4.02. The van der Waals surface area contributed by atoms with Crippen molar-refractivity contribution in [3.8, 4) is 5.75 Å². The molecule has 3 heteroatoms. The van der Waals surface area contributed by atoms with Gasteiger partial charge in [-0.15, -0.1) is 6.58 Å². The zero-order chi connectivity index (χ0) is 16.5. The van der Waals surface area contributed by atoms with Crippen molar-refractivity contribution in [2.24, 2.45) is 23.7 Å². The smallest absolute Gasteiger partial charge is 0.310 e.